The third-order valence-corrected chi connectivity index (χ3v) is 4.45. The third kappa shape index (κ3) is 2.53. The van der Waals surface area contributed by atoms with Crippen LogP contribution in [0.25, 0.3) is 11.1 Å². The molecule has 0 saturated carbocycles. The van der Waals surface area contributed by atoms with E-state index in [0.717, 1.165) is 6.42 Å². The minimum Gasteiger partial charge on any atom is -0.474 e. The quantitative estimate of drug-likeness (QED) is 0.645. The molecule has 0 N–H and O–H groups in total. The number of hydrogen-bond donors (Lipinski definition) is 0. The highest BCUT2D eigenvalue weighted by Crippen LogP contribution is 2.36. The van der Waals surface area contributed by atoms with Crippen LogP contribution in [0.5, 0.6) is 0 Å². The van der Waals surface area contributed by atoms with Gasteiger partial charge in [-0.3, -0.25) is 0 Å². The number of ether oxygens (including phenoxy) is 1. The highest BCUT2D eigenvalue weighted by Gasteiger charge is 2.17. The van der Waals surface area contributed by atoms with Gasteiger partial charge in [0.15, 0.2) is 0 Å². The molecular formula is C16H14OS2. The molecule has 0 aromatic heterocycles. The molecular weight excluding hydrogens is 272 g/mol. The van der Waals surface area contributed by atoms with E-state index in [1.165, 1.54) is 39.6 Å². The first kappa shape index (κ1) is 12.7. The van der Waals surface area contributed by atoms with Crippen molar-refractivity contribution in [2.75, 3.05) is 6.26 Å². The number of fused-ring (bicyclic) bond motifs is 3. The van der Waals surface area contributed by atoms with Crippen LogP contribution in [-0.2, 0) is 17.8 Å². The van der Waals surface area contributed by atoms with E-state index < -0.39 is 0 Å². The average molecular weight is 286 g/mol. The van der Waals surface area contributed by atoms with Crippen LogP contribution in [0.3, 0.4) is 0 Å². The molecule has 1 aliphatic carbocycles. The zero-order valence-corrected chi connectivity index (χ0v) is 12.3. The summed E-state index contributed by atoms with van der Waals surface area (Å²) >= 11 is 6.52. The maximum absolute atomic E-state index is 5.51. The number of thiocarbonyl (C=S) groups is 1. The number of hydrogen-bond acceptors (Lipinski definition) is 3. The molecule has 3 heteroatoms. The molecule has 0 fully saturated rings. The van der Waals surface area contributed by atoms with Crippen molar-refractivity contribution >= 4 is 28.4 Å². The van der Waals surface area contributed by atoms with E-state index in [-0.39, 0.29) is 0 Å². The Morgan fingerprint density at radius 1 is 1.16 bits per heavy atom. The van der Waals surface area contributed by atoms with Crippen LogP contribution in [0.15, 0.2) is 42.5 Å². The van der Waals surface area contributed by atoms with Crippen molar-refractivity contribution in [3.63, 3.8) is 0 Å². The first-order chi connectivity index (χ1) is 9.28. The van der Waals surface area contributed by atoms with Gasteiger partial charge in [-0.05, 0) is 52.7 Å². The first-order valence-corrected chi connectivity index (χ1v) is 7.82. The summed E-state index contributed by atoms with van der Waals surface area (Å²) in [6, 6.07) is 15.2. The Hall–Kier alpha value is -1.32. The molecule has 19 heavy (non-hydrogen) atoms. The molecule has 2 aromatic rings. The molecule has 0 atom stereocenters. The van der Waals surface area contributed by atoms with Gasteiger partial charge in [-0.1, -0.05) is 54.2 Å². The zero-order valence-electron chi connectivity index (χ0n) is 10.7. The van der Waals surface area contributed by atoms with Gasteiger partial charge in [-0.15, -0.1) is 0 Å². The van der Waals surface area contributed by atoms with Crippen LogP contribution in [0, 0.1) is 0 Å². The lowest BCUT2D eigenvalue weighted by atomic mass is 10.0. The molecule has 2 aromatic carbocycles. The highest BCUT2D eigenvalue weighted by atomic mass is 32.2. The fourth-order valence-electron chi connectivity index (χ4n) is 2.49. The van der Waals surface area contributed by atoms with Gasteiger partial charge in [0.1, 0.15) is 6.61 Å². The maximum atomic E-state index is 5.51. The molecule has 0 heterocycles. The molecule has 0 saturated heterocycles. The molecule has 0 spiro atoms. The van der Waals surface area contributed by atoms with Gasteiger partial charge < -0.3 is 4.74 Å². The molecule has 0 bridgehead atoms. The normalized spacial score (nSPS) is 11.8. The summed E-state index contributed by atoms with van der Waals surface area (Å²) in [5, 5.41) is 0. The van der Waals surface area contributed by atoms with Crippen molar-refractivity contribution in [2.45, 2.75) is 13.0 Å². The number of benzene rings is 2. The average Bonchev–Trinajstić information content (AvgIpc) is 2.82. The Morgan fingerprint density at radius 2 is 1.95 bits per heavy atom. The maximum Gasteiger partial charge on any atom is 0.220 e. The Kier molecular flexibility index (Phi) is 3.58. The smallest absolute Gasteiger partial charge is 0.220 e. The van der Waals surface area contributed by atoms with Crippen molar-refractivity contribution in [3.8, 4) is 11.1 Å². The summed E-state index contributed by atoms with van der Waals surface area (Å²) in [6.45, 7) is 0.559. The fraction of sp³-hybridized carbons (Fsp3) is 0.188. The summed E-state index contributed by atoms with van der Waals surface area (Å²) < 4.78 is 6.11. The zero-order chi connectivity index (χ0) is 13.2. The molecule has 3 rings (SSSR count). The summed E-state index contributed by atoms with van der Waals surface area (Å²) in [7, 11) is 0. The van der Waals surface area contributed by atoms with Crippen LogP contribution in [0.4, 0.5) is 0 Å². The van der Waals surface area contributed by atoms with E-state index in [1.54, 1.807) is 0 Å². The second-order valence-corrected chi connectivity index (χ2v) is 5.98. The largest absolute Gasteiger partial charge is 0.474 e. The highest BCUT2D eigenvalue weighted by molar-refractivity contribution is 8.22. The molecule has 1 nitrogen and oxygen atoms in total. The summed E-state index contributed by atoms with van der Waals surface area (Å²) in [5.41, 5.74) is 6.70. The molecule has 96 valence electrons. The van der Waals surface area contributed by atoms with Crippen LogP contribution in [0.1, 0.15) is 16.7 Å². The van der Waals surface area contributed by atoms with Gasteiger partial charge in [-0.2, -0.15) is 0 Å². The predicted molar refractivity (Wildman–Crippen MR) is 85.6 cm³/mol. The van der Waals surface area contributed by atoms with Crippen molar-refractivity contribution in [3.05, 3.63) is 59.2 Å². The lowest BCUT2D eigenvalue weighted by Gasteiger charge is -2.07. The van der Waals surface area contributed by atoms with Crippen molar-refractivity contribution < 1.29 is 4.74 Å². The van der Waals surface area contributed by atoms with Gasteiger partial charge in [0.25, 0.3) is 0 Å². The Balaban J connectivity index is 1.83. The molecule has 1 aliphatic rings. The second kappa shape index (κ2) is 5.35. The van der Waals surface area contributed by atoms with Crippen LogP contribution >= 0.6 is 24.0 Å². The lowest BCUT2D eigenvalue weighted by molar-refractivity contribution is 0.310. The Bertz CT molecular complexity index is 634. The molecule has 0 unspecified atom stereocenters. The minimum absolute atomic E-state index is 0.559. The Morgan fingerprint density at radius 3 is 2.79 bits per heavy atom. The van der Waals surface area contributed by atoms with Gasteiger partial charge in [0.05, 0.1) is 0 Å². The lowest BCUT2D eigenvalue weighted by Crippen LogP contribution is -1.97. The molecule has 0 aliphatic heterocycles. The monoisotopic (exact) mass is 286 g/mol. The van der Waals surface area contributed by atoms with E-state index in [1.807, 2.05) is 6.26 Å². The van der Waals surface area contributed by atoms with E-state index in [9.17, 15) is 0 Å². The van der Waals surface area contributed by atoms with Gasteiger partial charge in [0.2, 0.25) is 4.38 Å². The SMILES string of the molecule is CSC(=S)OCc1ccc2c(c1)Cc1ccccc1-2. The standard InChI is InChI=1S/C16H14OS2/c1-19-16(18)17-10-11-6-7-15-13(8-11)9-12-4-2-3-5-14(12)15/h2-8H,9-10H2,1H3. The summed E-state index contributed by atoms with van der Waals surface area (Å²) in [5.74, 6) is 0. The molecule has 0 radical (unpaired) electrons. The van der Waals surface area contributed by atoms with E-state index >= 15 is 0 Å². The van der Waals surface area contributed by atoms with Crippen LogP contribution in [0.2, 0.25) is 0 Å². The minimum atomic E-state index is 0.559. The summed E-state index contributed by atoms with van der Waals surface area (Å²) in [4.78, 5) is 0. The van der Waals surface area contributed by atoms with Crippen molar-refractivity contribution in [2.24, 2.45) is 0 Å². The van der Waals surface area contributed by atoms with E-state index in [0.29, 0.717) is 11.0 Å². The number of thioether (sulfide) groups is 1. The summed E-state index contributed by atoms with van der Waals surface area (Å²) in [6.07, 6.45) is 2.95. The van der Waals surface area contributed by atoms with Gasteiger partial charge >= 0.3 is 0 Å². The Labute approximate surface area is 123 Å². The predicted octanol–water partition coefficient (Wildman–Crippen LogP) is 4.42. The van der Waals surface area contributed by atoms with E-state index in [4.69, 9.17) is 17.0 Å². The first-order valence-electron chi connectivity index (χ1n) is 6.19. The number of rotatable bonds is 2. The van der Waals surface area contributed by atoms with Gasteiger partial charge in [0, 0.05) is 0 Å². The van der Waals surface area contributed by atoms with Gasteiger partial charge in [-0.25, -0.2) is 0 Å². The fourth-order valence-corrected chi connectivity index (χ4v) is 2.73. The second-order valence-electron chi connectivity index (χ2n) is 4.57. The topological polar surface area (TPSA) is 9.23 Å². The van der Waals surface area contributed by atoms with Crippen LogP contribution in [-0.4, -0.2) is 10.6 Å². The molecule has 0 amide bonds. The van der Waals surface area contributed by atoms with E-state index in [2.05, 4.69) is 42.5 Å². The van der Waals surface area contributed by atoms with Crippen LogP contribution < -0.4 is 0 Å². The third-order valence-electron chi connectivity index (χ3n) is 3.38. The van der Waals surface area contributed by atoms with Crippen molar-refractivity contribution in [1.82, 2.24) is 0 Å². The van der Waals surface area contributed by atoms with Crippen molar-refractivity contribution in [1.29, 1.82) is 0 Å².